The molecule has 0 aliphatic carbocycles. The number of anilines is 2. The molecule has 0 atom stereocenters. The molecule has 0 radical (unpaired) electrons. The van der Waals surface area contributed by atoms with Gasteiger partial charge in [-0.2, -0.15) is 0 Å². The molecule has 0 spiro atoms. The summed E-state index contributed by atoms with van der Waals surface area (Å²) in [5.74, 6) is 1.05. The number of aromatic nitrogens is 4. The molecule has 7 heteroatoms. The molecule has 1 aliphatic heterocycles. The molecule has 154 valence electrons. The summed E-state index contributed by atoms with van der Waals surface area (Å²) in [6.07, 6.45) is 5.30. The fraction of sp³-hybridized carbons (Fsp3) is 0.167. The van der Waals surface area contributed by atoms with Crippen LogP contribution >= 0.6 is 11.8 Å². The smallest absolute Gasteiger partial charge is 0.242 e. The molecule has 1 amide bonds. The Kier molecular flexibility index (Phi) is 5.26. The van der Waals surface area contributed by atoms with E-state index in [1.54, 1.807) is 12.4 Å². The van der Waals surface area contributed by atoms with Crippen LogP contribution in [0.4, 0.5) is 11.4 Å². The Balaban J connectivity index is 1.42. The summed E-state index contributed by atoms with van der Waals surface area (Å²) < 4.78 is 1.91. The predicted octanol–water partition coefficient (Wildman–Crippen LogP) is 4.43. The van der Waals surface area contributed by atoms with Gasteiger partial charge < -0.3 is 4.57 Å². The number of nitrogens with zero attached hydrogens (tertiary/aromatic N) is 5. The van der Waals surface area contributed by atoms with Crippen molar-refractivity contribution in [2.45, 2.75) is 18.0 Å². The van der Waals surface area contributed by atoms with Crippen LogP contribution in [0.15, 0.2) is 78.2 Å². The van der Waals surface area contributed by atoms with E-state index in [0.717, 1.165) is 35.6 Å². The Morgan fingerprint density at radius 3 is 2.16 bits per heavy atom. The standard InChI is InChI=1S/C24H21N5OS/c1-28-23(19-12-14-25-15-13-19)26-27-24(28)31-16-22(30)29-20-8-4-2-6-17(20)10-11-18-7-3-5-9-21(18)29/h2-9,12-15H,10-11,16H2,1H3. The second kappa shape index (κ2) is 8.35. The first-order valence-corrected chi connectivity index (χ1v) is 11.1. The molecule has 0 unspecified atom stereocenters. The van der Waals surface area contributed by atoms with E-state index in [-0.39, 0.29) is 11.7 Å². The summed E-state index contributed by atoms with van der Waals surface area (Å²) in [5, 5.41) is 9.31. The highest BCUT2D eigenvalue weighted by Crippen LogP contribution is 2.36. The Hall–Kier alpha value is -3.45. The van der Waals surface area contributed by atoms with Crippen LogP contribution in [-0.4, -0.2) is 31.4 Å². The summed E-state index contributed by atoms with van der Waals surface area (Å²) in [4.78, 5) is 19.4. The number of benzene rings is 2. The van der Waals surface area contributed by atoms with E-state index in [2.05, 4.69) is 27.3 Å². The maximum absolute atomic E-state index is 13.5. The fourth-order valence-corrected chi connectivity index (χ4v) is 4.69. The summed E-state index contributed by atoms with van der Waals surface area (Å²) in [7, 11) is 1.92. The van der Waals surface area contributed by atoms with Gasteiger partial charge in [0, 0.05) is 25.0 Å². The Morgan fingerprint density at radius 1 is 0.903 bits per heavy atom. The van der Waals surface area contributed by atoms with E-state index < -0.39 is 0 Å². The van der Waals surface area contributed by atoms with Gasteiger partial charge in [-0.3, -0.25) is 14.7 Å². The molecule has 0 saturated heterocycles. The van der Waals surface area contributed by atoms with Crippen molar-refractivity contribution in [3.63, 3.8) is 0 Å². The molecule has 2 aromatic carbocycles. The van der Waals surface area contributed by atoms with E-state index in [4.69, 9.17) is 0 Å². The van der Waals surface area contributed by atoms with E-state index >= 15 is 0 Å². The number of para-hydroxylation sites is 2. The number of amides is 1. The van der Waals surface area contributed by atoms with E-state index in [0.29, 0.717) is 5.16 Å². The molecular formula is C24H21N5OS. The third-order valence-electron chi connectivity index (χ3n) is 5.48. The molecule has 1 aliphatic rings. The van der Waals surface area contributed by atoms with Gasteiger partial charge in [-0.25, -0.2) is 0 Å². The molecule has 31 heavy (non-hydrogen) atoms. The van der Waals surface area contributed by atoms with E-state index in [1.807, 2.05) is 65.0 Å². The zero-order valence-corrected chi connectivity index (χ0v) is 17.9. The lowest BCUT2D eigenvalue weighted by molar-refractivity contribution is -0.115. The third-order valence-corrected chi connectivity index (χ3v) is 6.48. The van der Waals surface area contributed by atoms with Crippen LogP contribution < -0.4 is 4.90 Å². The number of carbonyl (C=O) groups excluding carboxylic acids is 1. The number of hydrogen-bond acceptors (Lipinski definition) is 5. The molecule has 3 heterocycles. The quantitative estimate of drug-likeness (QED) is 0.451. The molecule has 6 nitrogen and oxygen atoms in total. The van der Waals surface area contributed by atoms with Gasteiger partial charge >= 0.3 is 0 Å². The SMILES string of the molecule is Cn1c(SCC(=O)N2c3ccccc3CCc3ccccc32)nnc1-c1ccncc1. The first-order chi connectivity index (χ1) is 15.2. The molecule has 0 N–H and O–H groups in total. The molecule has 0 bridgehead atoms. The van der Waals surface area contributed by atoms with Crippen LogP contribution in [0.3, 0.4) is 0 Å². The van der Waals surface area contributed by atoms with Crippen molar-refractivity contribution in [2.75, 3.05) is 10.7 Å². The maximum atomic E-state index is 13.5. The van der Waals surface area contributed by atoms with Gasteiger partial charge in [0.05, 0.1) is 17.1 Å². The number of thioether (sulfide) groups is 1. The number of aryl methyl sites for hydroxylation is 2. The van der Waals surface area contributed by atoms with Crippen molar-refractivity contribution in [2.24, 2.45) is 7.05 Å². The van der Waals surface area contributed by atoms with Crippen molar-refractivity contribution < 1.29 is 4.79 Å². The highest BCUT2D eigenvalue weighted by Gasteiger charge is 2.26. The van der Waals surface area contributed by atoms with Crippen LogP contribution in [0.2, 0.25) is 0 Å². The normalized spacial score (nSPS) is 12.7. The van der Waals surface area contributed by atoms with Gasteiger partial charge in [-0.1, -0.05) is 48.2 Å². The van der Waals surface area contributed by atoms with Gasteiger partial charge in [-0.05, 0) is 48.2 Å². The Morgan fingerprint density at radius 2 is 1.52 bits per heavy atom. The number of fused-ring (bicyclic) bond motifs is 2. The second-order valence-electron chi connectivity index (χ2n) is 7.38. The first-order valence-electron chi connectivity index (χ1n) is 10.1. The zero-order valence-electron chi connectivity index (χ0n) is 17.1. The van der Waals surface area contributed by atoms with Gasteiger partial charge in [0.25, 0.3) is 0 Å². The van der Waals surface area contributed by atoms with Gasteiger partial charge in [0.1, 0.15) is 0 Å². The van der Waals surface area contributed by atoms with E-state index in [9.17, 15) is 4.79 Å². The summed E-state index contributed by atoms with van der Waals surface area (Å²) in [6.45, 7) is 0. The average molecular weight is 428 g/mol. The van der Waals surface area contributed by atoms with Gasteiger partial charge in [-0.15, -0.1) is 10.2 Å². The highest BCUT2D eigenvalue weighted by atomic mass is 32.2. The zero-order chi connectivity index (χ0) is 21.2. The summed E-state index contributed by atoms with van der Waals surface area (Å²) in [6, 6.07) is 20.1. The molecule has 5 rings (SSSR count). The van der Waals surface area contributed by atoms with Crippen LogP contribution in [0.5, 0.6) is 0 Å². The lowest BCUT2D eigenvalue weighted by Crippen LogP contribution is -2.28. The largest absolute Gasteiger partial charge is 0.305 e. The van der Waals surface area contributed by atoms with Crippen molar-refractivity contribution in [1.82, 2.24) is 19.7 Å². The number of carbonyl (C=O) groups is 1. The molecule has 0 fully saturated rings. The molecule has 4 aromatic rings. The van der Waals surface area contributed by atoms with Crippen LogP contribution in [0, 0.1) is 0 Å². The topological polar surface area (TPSA) is 63.9 Å². The van der Waals surface area contributed by atoms with Crippen LogP contribution in [0.1, 0.15) is 11.1 Å². The van der Waals surface area contributed by atoms with Gasteiger partial charge in [0.15, 0.2) is 11.0 Å². The van der Waals surface area contributed by atoms with Crippen molar-refractivity contribution in [3.8, 4) is 11.4 Å². The molecule has 2 aromatic heterocycles. The van der Waals surface area contributed by atoms with Crippen molar-refractivity contribution in [1.29, 1.82) is 0 Å². The molecular weight excluding hydrogens is 406 g/mol. The van der Waals surface area contributed by atoms with Crippen LogP contribution in [-0.2, 0) is 24.7 Å². The monoisotopic (exact) mass is 427 g/mol. The lowest BCUT2D eigenvalue weighted by atomic mass is 10.0. The predicted molar refractivity (Wildman–Crippen MR) is 122 cm³/mol. The highest BCUT2D eigenvalue weighted by molar-refractivity contribution is 7.99. The number of pyridine rings is 1. The summed E-state index contributed by atoms with van der Waals surface area (Å²) in [5.41, 5.74) is 5.26. The van der Waals surface area contributed by atoms with Crippen molar-refractivity contribution >= 4 is 29.0 Å². The fourth-order valence-electron chi connectivity index (χ4n) is 3.93. The van der Waals surface area contributed by atoms with Gasteiger partial charge in [0.2, 0.25) is 5.91 Å². The average Bonchev–Trinajstić information content (AvgIpc) is 3.09. The first kappa shape index (κ1) is 19.5. The number of hydrogen-bond donors (Lipinski definition) is 0. The van der Waals surface area contributed by atoms with E-state index in [1.165, 1.54) is 22.9 Å². The van der Waals surface area contributed by atoms with Crippen LogP contribution in [0.25, 0.3) is 11.4 Å². The third kappa shape index (κ3) is 3.72. The Labute approximate surface area is 185 Å². The number of rotatable bonds is 4. The van der Waals surface area contributed by atoms with Crippen molar-refractivity contribution in [3.05, 3.63) is 84.2 Å². The lowest BCUT2D eigenvalue weighted by Gasteiger charge is -2.24. The minimum Gasteiger partial charge on any atom is -0.305 e. The summed E-state index contributed by atoms with van der Waals surface area (Å²) >= 11 is 1.40. The molecule has 0 saturated carbocycles. The maximum Gasteiger partial charge on any atom is 0.242 e. The second-order valence-corrected chi connectivity index (χ2v) is 8.32. The minimum atomic E-state index is 0.0280. The minimum absolute atomic E-state index is 0.0280. The Bertz CT molecular complexity index is 1190.